The predicted octanol–water partition coefficient (Wildman–Crippen LogP) is 7.09. The Morgan fingerprint density at radius 2 is 1.32 bits per heavy atom. The minimum absolute atomic E-state index is 0.357. The van der Waals surface area contributed by atoms with Crippen LogP contribution < -0.4 is 5.73 Å². The van der Waals surface area contributed by atoms with E-state index in [1.807, 2.05) is 0 Å². The molecule has 0 saturated heterocycles. The Morgan fingerprint density at radius 3 is 1.84 bits per heavy atom. The Morgan fingerprint density at radius 1 is 0.760 bits per heavy atom. The molecule has 0 radical (unpaired) electrons. The second-order valence-corrected chi connectivity index (χ2v) is 10.9. The van der Waals surface area contributed by atoms with Crippen LogP contribution in [-0.4, -0.2) is 6.54 Å². The minimum Gasteiger partial charge on any atom is -0.330 e. The summed E-state index contributed by atoms with van der Waals surface area (Å²) in [6.45, 7) is 8.59. The number of hydrogen-bond acceptors (Lipinski definition) is 1. The van der Waals surface area contributed by atoms with Gasteiger partial charge in [-0.05, 0) is 86.0 Å². The van der Waals surface area contributed by atoms with Gasteiger partial charge in [0, 0.05) is 0 Å². The Kier molecular flexibility index (Phi) is 6.24. The fraction of sp³-hybridized carbons (Fsp3) is 1.00. The van der Waals surface area contributed by atoms with Crippen molar-refractivity contribution in [2.45, 2.75) is 117 Å². The summed E-state index contributed by atoms with van der Waals surface area (Å²) < 4.78 is 0. The molecule has 0 aliphatic heterocycles. The molecule has 0 spiro atoms. The zero-order valence-electron chi connectivity index (χ0n) is 17.5. The zero-order valence-corrected chi connectivity index (χ0v) is 17.5. The minimum atomic E-state index is 0.357. The van der Waals surface area contributed by atoms with Crippen LogP contribution in [-0.2, 0) is 0 Å². The Balaban J connectivity index is 1.86. The Bertz CT molecular complexity index is 420. The van der Waals surface area contributed by atoms with Crippen LogP contribution in [0.5, 0.6) is 0 Å². The van der Waals surface area contributed by atoms with Gasteiger partial charge in [0.2, 0.25) is 0 Å². The van der Waals surface area contributed by atoms with Crippen molar-refractivity contribution < 1.29 is 0 Å². The van der Waals surface area contributed by atoms with Gasteiger partial charge in [-0.15, -0.1) is 0 Å². The molecule has 25 heavy (non-hydrogen) atoms. The first-order chi connectivity index (χ1) is 12.0. The van der Waals surface area contributed by atoms with Gasteiger partial charge < -0.3 is 5.73 Å². The maximum atomic E-state index is 6.46. The maximum Gasteiger partial charge on any atom is -0.00228 e. The van der Waals surface area contributed by atoms with Crippen molar-refractivity contribution in [3.8, 4) is 0 Å². The highest BCUT2D eigenvalue weighted by Crippen LogP contribution is 2.60. The third kappa shape index (κ3) is 4.12. The molecule has 3 rings (SSSR count). The molecule has 3 atom stereocenters. The van der Waals surface area contributed by atoms with Crippen molar-refractivity contribution in [1.82, 2.24) is 0 Å². The summed E-state index contributed by atoms with van der Waals surface area (Å²) in [5, 5.41) is 0. The molecule has 0 aromatic heterocycles. The van der Waals surface area contributed by atoms with Crippen LogP contribution in [0.15, 0.2) is 0 Å². The molecule has 1 heteroatoms. The molecule has 3 saturated carbocycles. The molecule has 3 fully saturated rings. The fourth-order valence-corrected chi connectivity index (χ4v) is 7.54. The molecule has 146 valence electrons. The van der Waals surface area contributed by atoms with Crippen LogP contribution >= 0.6 is 0 Å². The van der Waals surface area contributed by atoms with Crippen LogP contribution in [0.4, 0.5) is 0 Å². The summed E-state index contributed by atoms with van der Waals surface area (Å²) in [5.41, 5.74) is 7.95. The largest absolute Gasteiger partial charge is 0.330 e. The summed E-state index contributed by atoms with van der Waals surface area (Å²) in [4.78, 5) is 0. The van der Waals surface area contributed by atoms with Crippen LogP contribution in [0, 0.1) is 28.1 Å². The first-order valence-corrected chi connectivity index (χ1v) is 11.7. The topological polar surface area (TPSA) is 26.0 Å². The average Bonchev–Trinajstić information content (AvgIpc) is 2.79. The quantitative estimate of drug-likeness (QED) is 0.540. The molecule has 0 bridgehead atoms. The van der Waals surface area contributed by atoms with E-state index in [0.29, 0.717) is 16.2 Å². The summed E-state index contributed by atoms with van der Waals surface area (Å²) in [6.07, 6.45) is 21.9. The van der Waals surface area contributed by atoms with E-state index >= 15 is 0 Å². The van der Waals surface area contributed by atoms with Crippen LogP contribution in [0.2, 0.25) is 0 Å². The maximum absolute atomic E-state index is 6.46. The van der Waals surface area contributed by atoms with Gasteiger partial charge in [-0.1, -0.05) is 65.7 Å². The lowest BCUT2D eigenvalue weighted by atomic mass is 9.59. The number of nitrogens with two attached hydrogens (primary N) is 1. The van der Waals surface area contributed by atoms with Gasteiger partial charge in [-0.25, -0.2) is 0 Å². The van der Waals surface area contributed by atoms with Gasteiger partial charge in [0.25, 0.3) is 0 Å². The highest BCUT2D eigenvalue weighted by atomic mass is 14.6. The van der Waals surface area contributed by atoms with E-state index in [1.54, 1.807) is 0 Å². The lowest BCUT2D eigenvalue weighted by Crippen LogP contribution is -2.40. The Labute approximate surface area is 157 Å². The molecule has 3 unspecified atom stereocenters. The van der Waals surface area contributed by atoms with Crippen LogP contribution in [0.25, 0.3) is 0 Å². The molecule has 1 nitrogen and oxygen atoms in total. The average molecular weight is 348 g/mol. The van der Waals surface area contributed by atoms with Crippen molar-refractivity contribution in [2.75, 3.05) is 6.54 Å². The van der Waals surface area contributed by atoms with Gasteiger partial charge in [0.1, 0.15) is 0 Å². The molecular formula is C24H45N. The van der Waals surface area contributed by atoms with Gasteiger partial charge in [-0.3, -0.25) is 0 Å². The second kappa shape index (κ2) is 7.91. The molecule has 0 aromatic rings. The van der Waals surface area contributed by atoms with E-state index in [1.165, 1.54) is 96.3 Å². The summed E-state index contributed by atoms with van der Waals surface area (Å²) in [5.74, 6) is 1.94. The van der Waals surface area contributed by atoms with Crippen molar-refractivity contribution in [2.24, 2.45) is 33.8 Å². The SMILES string of the molecule is CCC1(C2CCCCC2)CCC(C)(C2CCCCC2)CC(C)(CN)C1. The molecular weight excluding hydrogens is 302 g/mol. The summed E-state index contributed by atoms with van der Waals surface area (Å²) in [6, 6.07) is 0. The third-order valence-corrected chi connectivity index (χ3v) is 9.06. The third-order valence-electron chi connectivity index (χ3n) is 9.06. The van der Waals surface area contributed by atoms with Gasteiger partial charge >= 0.3 is 0 Å². The summed E-state index contributed by atoms with van der Waals surface area (Å²) in [7, 11) is 0. The van der Waals surface area contributed by atoms with Crippen molar-refractivity contribution in [3.63, 3.8) is 0 Å². The van der Waals surface area contributed by atoms with E-state index in [0.717, 1.165) is 18.4 Å². The van der Waals surface area contributed by atoms with Crippen molar-refractivity contribution >= 4 is 0 Å². The van der Waals surface area contributed by atoms with E-state index < -0.39 is 0 Å². The number of hydrogen-bond donors (Lipinski definition) is 1. The fourth-order valence-electron chi connectivity index (χ4n) is 7.54. The number of rotatable bonds is 4. The Hall–Kier alpha value is -0.0400. The first-order valence-electron chi connectivity index (χ1n) is 11.7. The molecule has 2 N–H and O–H groups in total. The lowest BCUT2D eigenvalue weighted by Gasteiger charge is -2.46. The molecule has 0 heterocycles. The van der Waals surface area contributed by atoms with E-state index in [9.17, 15) is 0 Å². The molecule has 3 aliphatic carbocycles. The monoisotopic (exact) mass is 347 g/mol. The highest BCUT2D eigenvalue weighted by Gasteiger charge is 2.50. The van der Waals surface area contributed by atoms with Crippen molar-refractivity contribution in [1.29, 1.82) is 0 Å². The van der Waals surface area contributed by atoms with Crippen LogP contribution in [0.3, 0.4) is 0 Å². The summed E-state index contributed by atoms with van der Waals surface area (Å²) >= 11 is 0. The van der Waals surface area contributed by atoms with Gasteiger partial charge in [0.15, 0.2) is 0 Å². The van der Waals surface area contributed by atoms with E-state index in [4.69, 9.17) is 5.73 Å². The smallest absolute Gasteiger partial charge is 0.00228 e. The normalized spacial score (nSPS) is 42.2. The second-order valence-electron chi connectivity index (χ2n) is 10.9. The van der Waals surface area contributed by atoms with E-state index in [-0.39, 0.29) is 0 Å². The predicted molar refractivity (Wildman–Crippen MR) is 110 cm³/mol. The van der Waals surface area contributed by atoms with Crippen LogP contribution in [0.1, 0.15) is 117 Å². The first kappa shape index (κ1) is 19.7. The highest BCUT2D eigenvalue weighted by molar-refractivity contribution is 5.01. The lowest BCUT2D eigenvalue weighted by molar-refractivity contribution is 0.0472. The molecule has 0 amide bonds. The zero-order chi connectivity index (χ0) is 18.0. The van der Waals surface area contributed by atoms with Gasteiger partial charge in [-0.2, -0.15) is 0 Å². The standard InChI is InChI=1S/C24H45N/c1-4-24(21-13-9-6-10-14-21)16-15-23(3,17-22(2,18-24)19-25)20-11-7-5-8-12-20/h20-21H,4-19,25H2,1-3H3. The van der Waals surface area contributed by atoms with E-state index in [2.05, 4.69) is 20.8 Å². The van der Waals surface area contributed by atoms with Gasteiger partial charge in [0.05, 0.1) is 0 Å². The van der Waals surface area contributed by atoms with Crippen molar-refractivity contribution in [3.05, 3.63) is 0 Å². The molecule has 0 aromatic carbocycles. The molecule has 3 aliphatic rings.